The monoisotopic (exact) mass is 201 g/mol. The molecule has 0 aromatic heterocycles. The van der Waals surface area contributed by atoms with Crippen LogP contribution < -0.4 is 5.32 Å². The van der Waals surface area contributed by atoms with E-state index in [1.165, 1.54) is 16.7 Å². The molecule has 1 aliphatic rings. The molecular weight excluding hydrogens is 182 g/mol. The van der Waals surface area contributed by atoms with Gasteiger partial charge in [0.05, 0.1) is 0 Å². The summed E-state index contributed by atoms with van der Waals surface area (Å²) in [5.41, 5.74) is 4.23. The maximum atomic E-state index is 3.40. The molecule has 0 fully saturated rings. The Kier molecular flexibility index (Phi) is 3.22. The molecule has 0 aliphatic carbocycles. The minimum Gasteiger partial charge on any atom is -0.312 e. The lowest BCUT2D eigenvalue weighted by molar-refractivity contribution is 0.739. The van der Waals surface area contributed by atoms with Crippen LogP contribution in [0.2, 0.25) is 0 Å². The van der Waals surface area contributed by atoms with Gasteiger partial charge in [-0.05, 0) is 35.6 Å². The van der Waals surface area contributed by atoms with E-state index in [-0.39, 0.29) is 0 Å². The first-order valence-electron chi connectivity index (χ1n) is 5.77. The van der Waals surface area contributed by atoms with Crippen LogP contribution in [0.4, 0.5) is 0 Å². The van der Waals surface area contributed by atoms with Gasteiger partial charge in [-0.2, -0.15) is 0 Å². The molecule has 2 rings (SSSR count). The zero-order valence-electron chi connectivity index (χ0n) is 9.59. The van der Waals surface area contributed by atoms with Gasteiger partial charge < -0.3 is 5.32 Å². The summed E-state index contributed by atoms with van der Waals surface area (Å²) in [6, 6.07) is 8.98. The molecule has 0 radical (unpaired) electrons. The van der Waals surface area contributed by atoms with Gasteiger partial charge in [-0.15, -0.1) is 0 Å². The fourth-order valence-corrected chi connectivity index (χ4v) is 1.95. The second-order valence-corrected chi connectivity index (χ2v) is 4.47. The van der Waals surface area contributed by atoms with E-state index in [1.807, 2.05) is 0 Å². The largest absolute Gasteiger partial charge is 0.312 e. The van der Waals surface area contributed by atoms with Crippen molar-refractivity contribution in [2.75, 3.05) is 13.1 Å². The van der Waals surface area contributed by atoms with E-state index in [2.05, 4.69) is 49.5 Å². The standard InChI is InChI=1S/C14H19N/c1-11(2)12-5-7-13(8-6-12)14-4-3-9-15-10-14/h4-8,11,15H,3,9-10H2,1-2H3. The maximum Gasteiger partial charge on any atom is 0.0208 e. The molecule has 0 atom stereocenters. The Morgan fingerprint density at radius 3 is 2.40 bits per heavy atom. The molecule has 0 unspecified atom stereocenters. The van der Waals surface area contributed by atoms with E-state index < -0.39 is 0 Å². The van der Waals surface area contributed by atoms with Crippen molar-refractivity contribution in [1.82, 2.24) is 5.32 Å². The van der Waals surface area contributed by atoms with Gasteiger partial charge in [-0.25, -0.2) is 0 Å². The van der Waals surface area contributed by atoms with Crippen LogP contribution in [0.3, 0.4) is 0 Å². The predicted molar refractivity (Wildman–Crippen MR) is 66.0 cm³/mol. The van der Waals surface area contributed by atoms with Crippen LogP contribution in [-0.2, 0) is 0 Å². The zero-order valence-corrected chi connectivity index (χ0v) is 9.59. The lowest BCUT2D eigenvalue weighted by atomic mass is 9.97. The highest BCUT2D eigenvalue weighted by Gasteiger charge is 2.05. The summed E-state index contributed by atoms with van der Waals surface area (Å²) in [6.07, 6.45) is 3.50. The fraction of sp³-hybridized carbons (Fsp3) is 0.429. The van der Waals surface area contributed by atoms with Gasteiger partial charge in [-0.3, -0.25) is 0 Å². The first-order valence-corrected chi connectivity index (χ1v) is 5.77. The highest BCUT2D eigenvalue weighted by molar-refractivity contribution is 5.67. The summed E-state index contributed by atoms with van der Waals surface area (Å²) in [5, 5.41) is 3.40. The van der Waals surface area contributed by atoms with Crippen LogP contribution >= 0.6 is 0 Å². The molecule has 1 aliphatic heterocycles. The highest BCUT2D eigenvalue weighted by Crippen LogP contribution is 2.20. The van der Waals surface area contributed by atoms with E-state index >= 15 is 0 Å². The number of benzene rings is 1. The SMILES string of the molecule is CC(C)c1ccc(C2=CCCNC2)cc1. The van der Waals surface area contributed by atoms with Gasteiger partial charge >= 0.3 is 0 Å². The van der Waals surface area contributed by atoms with Crippen LogP contribution in [0.1, 0.15) is 37.3 Å². The van der Waals surface area contributed by atoms with Crippen LogP contribution in [-0.4, -0.2) is 13.1 Å². The topological polar surface area (TPSA) is 12.0 Å². The van der Waals surface area contributed by atoms with E-state index in [4.69, 9.17) is 0 Å². The first-order chi connectivity index (χ1) is 7.27. The lowest BCUT2D eigenvalue weighted by Crippen LogP contribution is -2.21. The minimum absolute atomic E-state index is 0.623. The zero-order chi connectivity index (χ0) is 10.7. The smallest absolute Gasteiger partial charge is 0.0208 e. The Hall–Kier alpha value is -1.08. The summed E-state index contributed by atoms with van der Waals surface area (Å²) < 4.78 is 0. The van der Waals surface area contributed by atoms with Crippen molar-refractivity contribution in [2.24, 2.45) is 0 Å². The third kappa shape index (κ3) is 2.48. The Labute approximate surface area is 92.2 Å². The van der Waals surface area contributed by atoms with Gasteiger partial charge in [-0.1, -0.05) is 44.2 Å². The van der Waals surface area contributed by atoms with E-state index in [0.717, 1.165) is 19.5 Å². The Morgan fingerprint density at radius 2 is 1.87 bits per heavy atom. The third-order valence-corrected chi connectivity index (χ3v) is 2.98. The number of hydrogen-bond donors (Lipinski definition) is 1. The lowest BCUT2D eigenvalue weighted by Gasteiger charge is -2.15. The number of hydrogen-bond acceptors (Lipinski definition) is 1. The van der Waals surface area contributed by atoms with E-state index in [9.17, 15) is 0 Å². The Balaban J connectivity index is 2.19. The highest BCUT2D eigenvalue weighted by atomic mass is 14.9. The Bertz CT molecular complexity index is 346. The van der Waals surface area contributed by atoms with Crippen LogP contribution in [0.15, 0.2) is 30.3 Å². The second kappa shape index (κ2) is 4.63. The molecule has 80 valence electrons. The van der Waals surface area contributed by atoms with Gasteiger partial charge in [0.1, 0.15) is 0 Å². The summed E-state index contributed by atoms with van der Waals surface area (Å²) in [6.45, 7) is 6.60. The van der Waals surface area contributed by atoms with Crippen LogP contribution in [0.25, 0.3) is 5.57 Å². The molecular formula is C14H19N. The summed E-state index contributed by atoms with van der Waals surface area (Å²) in [5.74, 6) is 0.623. The van der Waals surface area contributed by atoms with Gasteiger partial charge in [0.2, 0.25) is 0 Å². The molecule has 0 spiro atoms. The average Bonchev–Trinajstić information content (AvgIpc) is 2.30. The average molecular weight is 201 g/mol. The molecule has 1 aromatic carbocycles. The molecule has 0 amide bonds. The molecule has 0 saturated heterocycles. The van der Waals surface area contributed by atoms with Crippen molar-refractivity contribution in [3.8, 4) is 0 Å². The number of rotatable bonds is 2. The van der Waals surface area contributed by atoms with Crippen molar-refractivity contribution in [3.63, 3.8) is 0 Å². The first kappa shape index (κ1) is 10.4. The molecule has 0 bridgehead atoms. The maximum absolute atomic E-state index is 3.40. The van der Waals surface area contributed by atoms with Crippen molar-refractivity contribution in [2.45, 2.75) is 26.2 Å². The molecule has 0 saturated carbocycles. The quantitative estimate of drug-likeness (QED) is 0.775. The summed E-state index contributed by atoms with van der Waals surface area (Å²) >= 11 is 0. The Morgan fingerprint density at radius 1 is 1.13 bits per heavy atom. The van der Waals surface area contributed by atoms with Crippen molar-refractivity contribution in [1.29, 1.82) is 0 Å². The van der Waals surface area contributed by atoms with E-state index in [1.54, 1.807) is 0 Å². The predicted octanol–water partition coefficient (Wildman–Crippen LogP) is 3.19. The van der Waals surface area contributed by atoms with Crippen molar-refractivity contribution < 1.29 is 0 Å². The van der Waals surface area contributed by atoms with Crippen LogP contribution in [0, 0.1) is 0 Å². The second-order valence-electron chi connectivity index (χ2n) is 4.47. The van der Waals surface area contributed by atoms with Crippen LogP contribution in [0.5, 0.6) is 0 Å². The minimum atomic E-state index is 0.623. The number of nitrogens with one attached hydrogen (secondary N) is 1. The van der Waals surface area contributed by atoms with Crippen molar-refractivity contribution in [3.05, 3.63) is 41.5 Å². The summed E-state index contributed by atoms with van der Waals surface area (Å²) in [7, 11) is 0. The van der Waals surface area contributed by atoms with Gasteiger partial charge in [0.15, 0.2) is 0 Å². The van der Waals surface area contributed by atoms with Gasteiger partial charge in [0, 0.05) is 6.54 Å². The van der Waals surface area contributed by atoms with Gasteiger partial charge in [0.25, 0.3) is 0 Å². The molecule has 1 nitrogen and oxygen atoms in total. The normalized spacial score (nSPS) is 16.6. The summed E-state index contributed by atoms with van der Waals surface area (Å²) in [4.78, 5) is 0. The van der Waals surface area contributed by atoms with Crippen molar-refractivity contribution >= 4 is 5.57 Å². The molecule has 1 aromatic rings. The molecule has 15 heavy (non-hydrogen) atoms. The molecule has 1 N–H and O–H groups in total. The molecule has 1 heteroatoms. The van der Waals surface area contributed by atoms with E-state index in [0.29, 0.717) is 5.92 Å². The molecule has 1 heterocycles. The third-order valence-electron chi connectivity index (χ3n) is 2.98. The fourth-order valence-electron chi connectivity index (χ4n) is 1.95.